The van der Waals surface area contributed by atoms with Gasteiger partial charge in [0.15, 0.2) is 0 Å². The molecule has 0 radical (unpaired) electrons. The van der Waals surface area contributed by atoms with Crippen molar-refractivity contribution in [2.24, 2.45) is 0 Å². The molecule has 2 aromatic rings. The second kappa shape index (κ2) is 7.09. The molecular formula is C16H17NO4S. The molecule has 1 atom stereocenters. The molecule has 0 aliphatic carbocycles. The number of thiophene rings is 1. The summed E-state index contributed by atoms with van der Waals surface area (Å²) >= 11 is 1.28. The van der Waals surface area contributed by atoms with Crippen molar-refractivity contribution in [1.29, 1.82) is 0 Å². The third-order valence-corrected chi connectivity index (χ3v) is 4.14. The van der Waals surface area contributed by atoms with Gasteiger partial charge in [0.2, 0.25) is 0 Å². The number of carboxylic acid groups (broad SMARTS) is 1. The quantitative estimate of drug-likeness (QED) is 0.858. The van der Waals surface area contributed by atoms with Gasteiger partial charge in [0.25, 0.3) is 5.91 Å². The van der Waals surface area contributed by atoms with E-state index in [0.717, 1.165) is 10.4 Å². The van der Waals surface area contributed by atoms with Gasteiger partial charge in [-0.1, -0.05) is 30.3 Å². The Hall–Kier alpha value is -2.34. The van der Waals surface area contributed by atoms with E-state index in [2.05, 4.69) is 5.32 Å². The Morgan fingerprint density at radius 3 is 2.59 bits per heavy atom. The second-order valence-electron chi connectivity index (χ2n) is 4.64. The Balaban J connectivity index is 2.31. The van der Waals surface area contributed by atoms with Crippen molar-refractivity contribution < 1.29 is 19.4 Å². The normalized spacial score (nSPS) is 11.7. The minimum absolute atomic E-state index is 0.383. The molecule has 1 amide bonds. The van der Waals surface area contributed by atoms with Crippen LogP contribution in [0.3, 0.4) is 0 Å². The van der Waals surface area contributed by atoms with Crippen LogP contribution in [0.1, 0.15) is 23.5 Å². The minimum Gasteiger partial charge on any atom is -0.492 e. The lowest BCUT2D eigenvalue weighted by Gasteiger charge is -2.09. The fourth-order valence-corrected chi connectivity index (χ4v) is 2.87. The lowest BCUT2D eigenvalue weighted by molar-refractivity contribution is -0.138. The predicted octanol–water partition coefficient (Wildman–Crippen LogP) is 3.02. The first-order valence-corrected chi connectivity index (χ1v) is 7.70. The molecule has 22 heavy (non-hydrogen) atoms. The fraction of sp³-hybridized carbons (Fsp3) is 0.250. The van der Waals surface area contributed by atoms with E-state index in [1.165, 1.54) is 18.3 Å². The van der Waals surface area contributed by atoms with Gasteiger partial charge in [0, 0.05) is 4.88 Å². The van der Waals surface area contributed by atoms with Gasteiger partial charge < -0.3 is 15.2 Å². The SMILES string of the molecule is CCOc1cc(-c2ccccc2)sc1C(=O)NC(C)C(=O)O. The number of rotatable bonds is 6. The lowest BCUT2D eigenvalue weighted by atomic mass is 10.2. The van der Waals surface area contributed by atoms with Crippen LogP contribution in [0.4, 0.5) is 0 Å². The van der Waals surface area contributed by atoms with Crippen molar-refractivity contribution in [3.8, 4) is 16.2 Å². The van der Waals surface area contributed by atoms with Gasteiger partial charge in [-0.3, -0.25) is 9.59 Å². The third-order valence-electron chi connectivity index (χ3n) is 2.98. The number of hydrogen-bond donors (Lipinski definition) is 2. The minimum atomic E-state index is -1.08. The summed E-state index contributed by atoms with van der Waals surface area (Å²) in [7, 11) is 0. The van der Waals surface area contributed by atoms with Gasteiger partial charge in [-0.25, -0.2) is 0 Å². The summed E-state index contributed by atoms with van der Waals surface area (Å²) in [4.78, 5) is 24.4. The van der Waals surface area contributed by atoms with Crippen LogP contribution in [-0.2, 0) is 4.79 Å². The molecule has 0 saturated heterocycles. The predicted molar refractivity (Wildman–Crippen MR) is 85.5 cm³/mol. The highest BCUT2D eigenvalue weighted by atomic mass is 32.1. The van der Waals surface area contributed by atoms with Gasteiger partial charge in [-0.2, -0.15) is 0 Å². The van der Waals surface area contributed by atoms with E-state index in [9.17, 15) is 9.59 Å². The fourth-order valence-electron chi connectivity index (χ4n) is 1.86. The molecule has 0 spiro atoms. The Kier molecular flexibility index (Phi) is 5.16. The van der Waals surface area contributed by atoms with E-state index >= 15 is 0 Å². The Morgan fingerprint density at radius 2 is 2.00 bits per heavy atom. The van der Waals surface area contributed by atoms with Gasteiger partial charge in [0.05, 0.1) is 6.61 Å². The topological polar surface area (TPSA) is 75.6 Å². The van der Waals surface area contributed by atoms with Crippen LogP contribution in [0, 0.1) is 0 Å². The van der Waals surface area contributed by atoms with Crippen LogP contribution >= 0.6 is 11.3 Å². The summed E-state index contributed by atoms with van der Waals surface area (Å²) in [5, 5.41) is 11.3. The van der Waals surface area contributed by atoms with E-state index in [0.29, 0.717) is 17.2 Å². The Labute approximate surface area is 132 Å². The summed E-state index contributed by atoms with van der Waals surface area (Å²) in [5.74, 6) is -1.04. The van der Waals surface area contributed by atoms with E-state index in [1.807, 2.05) is 43.3 Å². The first-order valence-electron chi connectivity index (χ1n) is 6.88. The molecule has 2 rings (SSSR count). The third kappa shape index (κ3) is 3.65. The molecule has 0 bridgehead atoms. The van der Waals surface area contributed by atoms with Crippen LogP contribution < -0.4 is 10.1 Å². The van der Waals surface area contributed by atoms with E-state index < -0.39 is 17.9 Å². The molecule has 0 aliphatic heterocycles. The first kappa shape index (κ1) is 16.0. The Morgan fingerprint density at radius 1 is 1.32 bits per heavy atom. The van der Waals surface area contributed by atoms with Crippen LogP contribution in [-0.4, -0.2) is 29.6 Å². The molecule has 1 aromatic heterocycles. The number of carbonyl (C=O) groups is 2. The molecule has 0 saturated carbocycles. The smallest absolute Gasteiger partial charge is 0.325 e. The summed E-state index contributed by atoms with van der Waals surface area (Å²) < 4.78 is 5.50. The number of nitrogens with one attached hydrogen (secondary N) is 1. The van der Waals surface area contributed by atoms with E-state index in [-0.39, 0.29) is 0 Å². The maximum absolute atomic E-state index is 12.3. The molecule has 0 aliphatic rings. The molecular weight excluding hydrogens is 302 g/mol. The summed E-state index contributed by atoms with van der Waals surface area (Å²) in [6.45, 7) is 3.69. The van der Waals surface area contributed by atoms with Crippen LogP contribution in [0.5, 0.6) is 5.75 Å². The van der Waals surface area contributed by atoms with Gasteiger partial charge in [0.1, 0.15) is 16.7 Å². The molecule has 1 unspecified atom stereocenters. The van der Waals surface area contributed by atoms with Crippen molar-refractivity contribution in [3.05, 3.63) is 41.3 Å². The number of aliphatic carboxylic acids is 1. The molecule has 1 aromatic carbocycles. The van der Waals surface area contributed by atoms with Gasteiger partial charge >= 0.3 is 5.97 Å². The van der Waals surface area contributed by atoms with Crippen molar-refractivity contribution in [2.75, 3.05) is 6.61 Å². The molecule has 116 valence electrons. The zero-order chi connectivity index (χ0) is 16.1. The number of carboxylic acids is 1. The van der Waals surface area contributed by atoms with Crippen LogP contribution in [0.2, 0.25) is 0 Å². The molecule has 2 N–H and O–H groups in total. The van der Waals surface area contributed by atoms with Crippen molar-refractivity contribution >= 4 is 23.2 Å². The van der Waals surface area contributed by atoms with Crippen molar-refractivity contribution in [2.45, 2.75) is 19.9 Å². The number of ether oxygens (including phenoxy) is 1. The standard InChI is InChI=1S/C16H17NO4S/c1-3-21-12-9-13(11-7-5-4-6-8-11)22-14(12)15(18)17-10(2)16(19)20/h4-10H,3H2,1-2H3,(H,17,18)(H,19,20). The zero-order valence-corrected chi connectivity index (χ0v) is 13.1. The maximum Gasteiger partial charge on any atom is 0.325 e. The molecule has 0 fully saturated rings. The second-order valence-corrected chi connectivity index (χ2v) is 5.69. The zero-order valence-electron chi connectivity index (χ0n) is 12.3. The van der Waals surface area contributed by atoms with Gasteiger partial charge in [-0.05, 0) is 25.5 Å². The highest BCUT2D eigenvalue weighted by Gasteiger charge is 2.21. The number of amides is 1. The first-order chi connectivity index (χ1) is 10.5. The van der Waals surface area contributed by atoms with E-state index in [4.69, 9.17) is 9.84 Å². The number of hydrogen-bond acceptors (Lipinski definition) is 4. The number of carbonyl (C=O) groups excluding carboxylic acids is 1. The Bertz CT molecular complexity index is 666. The van der Waals surface area contributed by atoms with Crippen LogP contribution in [0.15, 0.2) is 36.4 Å². The molecule has 5 nitrogen and oxygen atoms in total. The van der Waals surface area contributed by atoms with Crippen molar-refractivity contribution in [3.63, 3.8) is 0 Å². The monoisotopic (exact) mass is 319 g/mol. The lowest BCUT2D eigenvalue weighted by Crippen LogP contribution is -2.38. The van der Waals surface area contributed by atoms with Gasteiger partial charge in [-0.15, -0.1) is 11.3 Å². The highest BCUT2D eigenvalue weighted by Crippen LogP contribution is 2.36. The van der Waals surface area contributed by atoms with E-state index in [1.54, 1.807) is 0 Å². The average Bonchev–Trinajstić information content (AvgIpc) is 2.92. The summed E-state index contributed by atoms with van der Waals surface area (Å²) in [6, 6.07) is 10.5. The molecule has 1 heterocycles. The largest absolute Gasteiger partial charge is 0.492 e. The van der Waals surface area contributed by atoms with Crippen LogP contribution in [0.25, 0.3) is 10.4 Å². The summed E-state index contributed by atoms with van der Waals surface area (Å²) in [6.07, 6.45) is 0. The number of benzene rings is 1. The highest BCUT2D eigenvalue weighted by molar-refractivity contribution is 7.17. The van der Waals surface area contributed by atoms with Crippen molar-refractivity contribution in [1.82, 2.24) is 5.32 Å². The maximum atomic E-state index is 12.3. The average molecular weight is 319 g/mol. The summed E-state index contributed by atoms with van der Waals surface area (Å²) in [5.41, 5.74) is 0.985. The molecule has 6 heteroatoms.